The van der Waals surface area contributed by atoms with Crippen molar-refractivity contribution in [3.05, 3.63) is 77.3 Å². The van der Waals surface area contributed by atoms with Crippen LogP contribution in [-0.4, -0.2) is 33.4 Å². The molecule has 0 bridgehead atoms. The number of imidazole rings is 1. The number of nitrogens with one attached hydrogen (secondary N) is 2. The van der Waals surface area contributed by atoms with Gasteiger partial charge in [-0.3, -0.25) is 9.78 Å². The molecule has 2 N–H and O–H groups in total. The maximum absolute atomic E-state index is 13.2. The molecule has 0 radical (unpaired) electrons. The molecule has 0 saturated heterocycles. The van der Waals surface area contributed by atoms with Gasteiger partial charge in [-0.25, -0.2) is 14.2 Å². The maximum atomic E-state index is 13.2. The molecule has 0 aliphatic rings. The summed E-state index contributed by atoms with van der Waals surface area (Å²) in [5.41, 5.74) is 2.70. The summed E-state index contributed by atoms with van der Waals surface area (Å²) in [7, 11) is 0. The molecule has 2 heterocycles. The minimum absolute atomic E-state index is 0.122. The SMILES string of the molecule is O=C(COC(=O)c1ccc2nc(-c3cccnc3)[nH]c2c1)Nc1ccc(F)c(Cl)c1. The topological polar surface area (TPSA) is 97.0 Å². The minimum atomic E-state index is -0.665. The fraction of sp³-hybridized carbons (Fsp3) is 0.0476. The van der Waals surface area contributed by atoms with Gasteiger partial charge < -0.3 is 15.0 Å². The number of aromatic nitrogens is 3. The number of rotatable bonds is 5. The molecular weight excluding hydrogens is 411 g/mol. The lowest BCUT2D eigenvalue weighted by atomic mass is 10.2. The Balaban J connectivity index is 1.41. The number of carbonyl (C=O) groups is 2. The zero-order valence-electron chi connectivity index (χ0n) is 15.4. The number of ether oxygens (including phenoxy) is 1. The Labute approximate surface area is 174 Å². The Kier molecular flexibility index (Phi) is 5.40. The molecule has 0 atom stereocenters. The van der Waals surface area contributed by atoms with Crippen molar-refractivity contribution in [2.24, 2.45) is 0 Å². The number of pyridine rings is 1. The van der Waals surface area contributed by atoms with Crippen molar-refractivity contribution in [1.82, 2.24) is 15.0 Å². The third-order valence-corrected chi connectivity index (χ3v) is 4.48. The van der Waals surface area contributed by atoms with Gasteiger partial charge in [0.25, 0.3) is 5.91 Å². The number of hydrogen-bond acceptors (Lipinski definition) is 5. The van der Waals surface area contributed by atoms with Gasteiger partial charge in [0, 0.05) is 23.6 Å². The van der Waals surface area contributed by atoms with Crippen molar-refractivity contribution in [2.75, 3.05) is 11.9 Å². The second-order valence-electron chi connectivity index (χ2n) is 6.31. The van der Waals surface area contributed by atoms with Crippen LogP contribution in [0.15, 0.2) is 60.9 Å². The number of amides is 1. The van der Waals surface area contributed by atoms with Crippen LogP contribution in [0, 0.1) is 5.82 Å². The van der Waals surface area contributed by atoms with Crippen LogP contribution in [0.25, 0.3) is 22.4 Å². The summed E-state index contributed by atoms with van der Waals surface area (Å²) in [6.07, 6.45) is 3.35. The molecule has 2 aromatic heterocycles. The number of nitrogens with zero attached hydrogens (tertiary/aromatic N) is 2. The van der Waals surface area contributed by atoms with E-state index in [1.54, 1.807) is 36.7 Å². The Bertz CT molecular complexity index is 1240. The van der Waals surface area contributed by atoms with Gasteiger partial charge in [0.05, 0.1) is 21.6 Å². The van der Waals surface area contributed by atoms with E-state index in [0.29, 0.717) is 22.5 Å². The largest absolute Gasteiger partial charge is 0.452 e. The monoisotopic (exact) mass is 424 g/mol. The summed E-state index contributed by atoms with van der Waals surface area (Å²) in [5, 5.41) is 2.36. The second-order valence-corrected chi connectivity index (χ2v) is 6.72. The number of esters is 1. The first kappa shape index (κ1) is 19.5. The van der Waals surface area contributed by atoms with E-state index in [1.165, 1.54) is 12.1 Å². The van der Waals surface area contributed by atoms with Crippen molar-refractivity contribution < 1.29 is 18.7 Å². The molecule has 0 aliphatic heterocycles. The third-order valence-electron chi connectivity index (χ3n) is 4.19. The van der Waals surface area contributed by atoms with E-state index >= 15 is 0 Å². The molecule has 0 aliphatic carbocycles. The average Bonchev–Trinajstić information content (AvgIpc) is 3.19. The van der Waals surface area contributed by atoms with Crippen LogP contribution >= 0.6 is 11.6 Å². The van der Waals surface area contributed by atoms with Crippen LogP contribution in [0.1, 0.15) is 10.4 Å². The third kappa shape index (κ3) is 4.28. The molecule has 4 aromatic rings. The van der Waals surface area contributed by atoms with Gasteiger partial charge in [-0.15, -0.1) is 0 Å². The normalized spacial score (nSPS) is 10.7. The summed E-state index contributed by atoms with van der Waals surface area (Å²) in [5.74, 6) is -1.21. The Hall–Kier alpha value is -3.78. The fourth-order valence-electron chi connectivity index (χ4n) is 2.76. The van der Waals surface area contributed by atoms with Crippen LogP contribution < -0.4 is 5.32 Å². The van der Waals surface area contributed by atoms with Gasteiger partial charge in [-0.05, 0) is 48.5 Å². The summed E-state index contributed by atoms with van der Waals surface area (Å²) in [4.78, 5) is 35.9. The Morgan fingerprint density at radius 3 is 2.80 bits per heavy atom. The highest BCUT2D eigenvalue weighted by Crippen LogP contribution is 2.21. The zero-order valence-corrected chi connectivity index (χ0v) is 16.1. The zero-order chi connectivity index (χ0) is 21.1. The molecule has 0 unspecified atom stereocenters. The molecule has 0 saturated carbocycles. The molecule has 30 heavy (non-hydrogen) atoms. The highest BCUT2D eigenvalue weighted by Gasteiger charge is 2.13. The standard InChI is InChI=1S/C21H14ClFN4O3/c22-15-9-14(4-5-16(15)23)25-19(28)11-30-21(29)12-3-6-17-18(8-12)27-20(26-17)13-2-1-7-24-10-13/h1-10H,11H2,(H,25,28)(H,26,27). The number of halogens is 2. The summed E-state index contributed by atoms with van der Waals surface area (Å²) in [6, 6.07) is 12.3. The van der Waals surface area contributed by atoms with E-state index in [2.05, 4.69) is 20.3 Å². The Morgan fingerprint density at radius 2 is 2.03 bits per heavy atom. The lowest BCUT2D eigenvalue weighted by molar-refractivity contribution is -0.119. The smallest absolute Gasteiger partial charge is 0.338 e. The van der Waals surface area contributed by atoms with Gasteiger partial charge in [-0.2, -0.15) is 0 Å². The molecule has 4 rings (SSSR count). The van der Waals surface area contributed by atoms with Crippen LogP contribution in [0.4, 0.5) is 10.1 Å². The van der Waals surface area contributed by atoms with E-state index < -0.39 is 24.3 Å². The van der Waals surface area contributed by atoms with Gasteiger partial charge in [0.15, 0.2) is 6.61 Å². The van der Waals surface area contributed by atoms with E-state index in [1.807, 2.05) is 6.07 Å². The van der Waals surface area contributed by atoms with Gasteiger partial charge in [-0.1, -0.05) is 11.6 Å². The predicted molar refractivity (Wildman–Crippen MR) is 110 cm³/mol. The van der Waals surface area contributed by atoms with E-state index in [-0.39, 0.29) is 10.6 Å². The van der Waals surface area contributed by atoms with Gasteiger partial charge in [0.2, 0.25) is 0 Å². The van der Waals surface area contributed by atoms with Gasteiger partial charge >= 0.3 is 5.97 Å². The summed E-state index contributed by atoms with van der Waals surface area (Å²) >= 11 is 5.67. The number of anilines is 1. The number of fused-ring (bicyclic) bond motifs is 1. The number of carbonyl (C=O) groups excluding carboxylic acids is 2. The molecule has 150 valence electrons. The van der Waals surface area contributed by atoms with E-state index in [9.17, 15) is 14.0 Å². The highest BCUT2D eigenvalue weighted by atomic mass is 35.5. The number of hydrogen-bond donors (Lipinski definition) is 2. The van der Waals surface area contributed by atoms with E-state index in [0.717, 1.165) is 11.6 Å². The highest BCUT2D eigenvalue weighted by molar-refractivity contribution is 6.31. The molecule has 2 aromatic carbocycles. The fourth-order valence-corrected chi connectivity index (χ4v) is 2.94. The van der Waals surface area contributed by atoms with E-state index in [4.69, 9.17) is 16.3 Å². The molecule has 0 spiro atoms. The molecule has 9 heteroatoms. The molecular formula is C21H14ClFN4O3. The quantitative estimate of drug-likeness (QED) is 0.468. The van der Waals surface area contributed by atoms with Gasteiger partial charge in [0.1, 0.15) is 11.6 Å². The number of H-pyrrole nitrogens is 1. The summed E-state index contributed by atoms with van der Waals surface area (Å²) < 4.78 is 18.2. The van der Waals surface area contributed by atoms with Crippen molar-refractivity contribution >= 4 is 40.2 Å². The van der Waals surface area contributed by atoms with Crippen LogP contribution in [0.2, 0.25) is 5.02 Å². The Morgan fingerprint density at radius 1 is 1.17 bits per heavy atom. The predicted octanol–water partition coefficient (Wildman–Crippen LogP) is 4.21. The lowest BCUT2D eigenvalue weighted by Gasteiger charge is -2.07. The molecule has 1 amide bonds. The van der Waals surface area contributed by atoms with Crippen LogP contribution in [-0.2, 0) is 9.53 Å². The first-order valence-electron chi connectivity index (χ1n) is 8.82. The van der Waals surface area contributed by atoms with Crippen molar-refractivity contribution in [3.63, 3.8) is 0 Å². The number of aromatic amines is 1. The second kappa shape index (κ2) is 8.30. The van der Waals surface area contributed by atoms with Crippen molar-refractivity contribution in [2.45, 2.75) is 0 Å². The van der Waals surface area contributed by atoms with Crippen LogP contribution in [0.5, 0.6) is 0 Å². The maximum Gasteiger partial charge on any atom is 0.338 e. The first-order chi connectivity index (χ1) is 14.5. The summed E-state index contributed by atoms with van der Waals surface area (Å²) in [6.45, 7) is -0.504. The van der Waals surface area contributed by atoms with Crippen molar-refractivity contribution in [3.8, 4) is 11.4 Å². The molecule has 0 fully saturated rings. The number of benzene rings is 2. The van der Waals surface area contributed by atoms with Crippen LogP contribution in [0.3, 0.4) is 0 Å². The van der Waals surface area contributed by atoms with Crippen molar-refractivity contribution in [1.29, 1.82) is 0 Å². The minimum Gasteiger partial charge on any atom is -0.452 e. The molecule has 7 nitrogen and oxygen atoms in total. The average molecular weight is 425 g/mol. The lowest BCUT2D eigenvalue weighted by Crippen LogP contribution is -2.21. The first-order valence-corrected chi connectivity index (χ1v) is 9.19.